The van der Waals surface area contributed by atoms with Gasteiger partial charge in [0.15, 0.2) is 0 Å². The maximum Gasteiger partial charge on any atom is 0.314 e. The van der Waals surface area contributed by atoms with E-state index >= 15 is 0 Å². The fourth-order valence-electron chi connectivity index (χ4n) is 1.04. The zero-order valence-corrected chi connectivity index (χ0v) is 7.53. The largest absolute Gasteiger partial charge is 0.481 e. The van der Waals surface area contributed by atoms with Gasteiger partial charge in [0.2, 0.25) is 0 Å². The molecule has 0 rings (SSSR count). The van der Waals surface area contributed by atoms with Crippen LogP contribution in [0, 0.1) is 5.92 Å². The minimum atomic E-state index is -1.09. The number of Topliss-reactive ketones (excluding diaryl/α,β-unsaturated/α-hetero) is 1. The second-order valence-corrected chi connectivity index (χ2v) is 2.83. The molecule has 1 unspecified atom stereocenters. The Morgan fingerprint density at radius 2 is 1.85 bits per heavy atom. The summed E-state index contributed by atoms with van der Waals surface area (Å²) in [4.78, 5) is 21.8. The molecule has 0 bridgehead atoms. The van der Waals surface area contributed by atoms with Crippen molar-refractivity contribution in [2.24, 2.45) is 17.4 Å². The molecule has 0 saturated heterocycles. The number of carbonyl (C=O) groups excluding carboxylic acids is 1. The molecule has 0 aromatic heterocycles. The third kappa shape index (κ3) is 4.59. The van der Waals surface area contributed by atoms with Crippen LogP contribution >= 0.6 is 0 Å². The lowest BCUT2D eigenvalue weighted by Crippen LogP contribution is -2.26. The molecule has 0 heterocycles. The van der Waals surface area contributed by atoms with E-state index in [1.165, 1.54) is 0 Å². The second kappa shape index (κ2) is 6.56. The van der Waals surface area contributed by atoms with E-state index in [2.05, 4.69) is 0 Å². The molecule has 13 heavy (non-hydrogen) atoms. The fraction of sp³-hybridized carbons (Fsp3) is 0.750. The minimum Gasteiger partial charge on any atom is -0.481 e. The van der Waals surface area contributed by atoms with Gasteiger partial charge in [-0.2, -0.15) is 0 Å². The third-order valence-corrected chi connectivity index (χ3v) is 1.77. The van der Waals surface area contributed by atoms with Gasteiger partial charge in [0.05, 0.1) is 0 Å². The number of carboxylic acid groups (broad SMARTS) is 1. The summed E-state index contributed by atoms with van der Waals surface area (Å²) >= 11 is 0. The van der Waals surface area contributed by atoms with E-state index in [-0.39, 0.29) is 25.2 Å². The van der Waals surface area contributed by atoms with E-state index in [4.69, 9.17) is 16.6 Å². The number of aliphatic carboxylic acids is 1. The van der Waals surface area contributed by atoms with Crippen molar-refractivity contribution in [1.29, 1.82) is 0 Å². The van der Waals surface area contributed by atoms with E-state index in [9.17, 15) is 9.59 Å². The van der Waals surface area contributed by atoms with E-state index in [0.29, 0.717) is 13.0 Å². The topological polar surface area (TPSA) is 106 Å². The van der Waals surface area contributed by atoms with Crippen molar-refractivity contribution in [2.75, 3.05) is 13.1 Å². The van der Waals surface area contributed by atoms with Gasteiger partial charge in [-0.25, -0.2) is 0 Å². The van der Waals surface area contributed by atoms with Crippen molar-refractivity contribution >= 4 is 11.8 Å². The highest BCUT2D eigenvalue weighted by Crippen LogP contribution is 2.07. The highest BCUT2D eigenvalue weighted by atomic mass is 16.4. The third-order valence-electron chi connectivity index (χ3n) is 1.77. The van der Waals surface area contributed by atoms with Gasteiger partial charge in [-0.1, -0.05) is 0 Å². The number of carboxylic acids is 1. The van der Waals surface area contributed by atoms with Gasteiger partial charge in [-0.3, -0.25) is 9.59 Å². The smallest absolute Gasteiger partial charge is 0.314 e. The Bertz CT molecular complexity index is 182. The van der Waals surface area contributed by atoms with E-state index in [1.807, 2.05) is 0 Å². The summed E-state index contributed by atoms with van der Waals surface area (Å²) in [6.07, 6.45) is 0.972. The molecule has 5 N–H and O–H groups in total. The molecule has 0 spiro atoms. The van der Waals surface area contributed by atoms with Crippen molar-refractivity contribution in [3.05, 3.63) is 0 Å². The number of hydrogen-bond acceptors (Lipinski definition) is 4. The van der Waals surface area contributed by atoms with Gasteiger partial charge in [-0.05, 0) is 25.9 Å². The summed E-state index contributed by atoms with van der Waals surface area (Å²) in [5.41, 5.74) is 10.4. The molecule has 5 heteroatoms. The summed E-state index contributed by atoms with van der Waals surface area (Å²) < 4.78 is 0. The lowest BCUT2D eigenvalue weighted by atomic mass is 9.97. The highest BCUT2D eigenvalue weighted by molar-refractivity contribution is 5.98. The number of ketones is 1. The van der Waals surface area contributed by atoms with E-state index in [1.54, 1.807) is 0 Å². The average molecular weight is 188 g/mol. The van der Waals surface area contributed by atoms with Crippen LogP contribution in [0.2, 0.25) is 0 Å². The van der Waals surface area contributed by atoms with Crippen LogP contribution in [0.3, 0.4) is 0 Å². The van der Waals surface area contributed by atoms with Gasteiger partial charge in [0, 0.05) is 6.42 Å². The molecular formula is C8H16N2O3. The van der Waals surface area contributed by atoms with Crippen LogP contribution in [-0.4, -0.2) is 29.9 Å². The summed E-state index contributed by atoms with van der Waals surface area (Å²) in [6, 6.07) is 0. The van der Waals surface area contributed by atoms with Gasteiger partial charge in [0.25, 0.3) is 0 Å². The lowest BCUT2D eigenvalue weighted by Gasteiger charge is -2.08. The molecule has 76 valence electrons. The van der Waals surface area contributed by atoms with Crippen LogP contribution in [0.4, 0.5) is 0 Å². The van der Waals surface area contributed by atoms with Crippen LogP contribution < -0.4 is 11.5 Å². The van der Waals surface area contributed by atoms with Crippen molar-refractivity contribution in [3.8, 4) is 0 Å². The highest BCUT2D eigenvalue weighted by Gasteiger charge is 2.23. The lowest BCUT2D eigenvalue weighted by molar-refractivity contribution is -0.146. The molecule has 0 aliphatic carbocycles. The fourth-order valence-corrected chi connectivity index (χ4v) is 1.04. The molecule has 0 fully saturated rings. The molecular weight excluding hydrogens is 172 g/mol. The van der Waals surface area contributed by atoms with Gasteiger partial charge < -0.3 is 16.6 Å². The molecule has 1 atom stereocenters. The average Bonchev–Trinajstić information content (AvgIpc) is 2.09. The summed E-state index contributed by atoms with van der Waals surface area (Å²) in [6.45, 7) is 0.617. The van der Waals surface area contributed by atoms with Crippen molar-refractivity contribution in [1.82, 2.24) is 0 Å². The van der Waals surface area contributed by atoms with Gasteiger partial charge in [-0.15, -0.1) is 0 Å². The predicted octanol–water partition coefficient (Wildman–Crippen LogP) is -0.656. The first-order chi connectivity index (χ1) is 6.13. The standard InChI is InChI=1S/C8H16N2O3/c9-4-1-2-7(11)6(3-5-10)8(12)13/h6H,1-5,9-10H2,(H,12,13). The molecule has 0 aromatic carbocycles. The van der Waals surface area contributed by atoms with Crippen molar-refractivity contribution in [2.45, 2.75) is 19.3 Å². The monoisotopic (exact) mass is 188 g/mol. The molecule has 0 aromatic rings. The van der Waals surface area contributed by atoms with Gasteiger partial charge >= 0.3 is 5.97 Å². The van der Waals surface area contributed by atoms with Crippen LogP contribution in [0.25, 0.3) is 0 Å². The Balaban J connectivity index is 4.03. The Kier molecular flexibility index (Phi) is 6.09. The second-order valence-electron chi connectivity index (χ2n) is 2.83. The molecule has 0 aliphatic rings. The van der Waals surface area contributed by atoms with Crippen LogP contribution in [0.1, 0.15) is 19.3 Å². The zero-order valence-electron chi connectivity index (χ0n) is 7.53. The Hall–Kier alpha value is -0.940. The Morgan fingerprint density at radius 3 is 2.23 bits per heavy atom. The molecule has 0 aliphatic heterocycles. The quantitative estimate of drug-likeness (QED) is 0.460. The first kappa shape index (κ1) is 12.1. The van der Waals surface area contributed by atoms with Crippen molar-refractivity contribution in [3.63, 3.8) is 0 Å². The molecule has 0 amide bonds. The number of rotatable bonds is 7. The predicted molar refractivity (Wildman–Crippen MR) is 48.1 cm³/mol. The van der Waals surface area contributed by atoms with E-state index in [0.717, 1.165) is 0 Å². The zero-order chi connectivity index (χ0) is 10.3. The summed E-state index contributed by atoms with van der Waals surface area (Å²) in [7, 11) is 0. The summed E-state index contributed by atoms with van der Waals surface area (Å²) in [5, 5.41) is 8.67. The molecule has 0 radical (unpaired) electrons. The van der Waals surface area contributed by atoms with Gasteiger partial charge in [0.1, 0.15) is 11.7 Å². The SMILES string of the molecule is NCCCC(=O)C(CCN)C(=O)O. The first-order valence-corrected chi connectivity index (χ1v) is 4.29. The Morgan fingerprint density at radius 1 is 1.23 bits per heavy atom. The number of carbonyl (C=O) groups is 2. The van der Waals surface area contributed by atoms with Crippen LogP contribution in [-0.2, 0) is 9.59 Å². The number of nitrogens with two attached hydrogens (primary N) is 2. The maximum absolute atomic E-state index is 11.2. The first-order valence-electron chi connectivity index (χ1n) is 4.29. The van der Waals surface area contributed by atoms with Crippen LogP contribution in [0.15, 0.2) is 0 Å². The van der Waals surface area contributed by atoms with Crippen LogP contribution in [0.5, 0.6) is 0 Å². The van der Waals surface area contributed by atoms with E-state index < -0.39 is 11.9 Å². The van der Waals surface area contributed by atoms with Crippen molar-refractivity contribution < 1.29 is 14.7 Å². The Labute approximate surface area is 77.1 Å². The molecule has 5 nitrogen and oxygen atoms in total. The maximum atomic E-state index is 11.2. The number of hydrogen-bond donors (Lipinski definition) is 3. The summed E-state index contributed by atoms with van der Waals surface area (Å²) in [5.74, 6) is -2.31. The molecule has 0 saturated carbocycles. The minimum absolute atomic E-state index is 0.207. The normalized spacial score (nSPS) is 12.5.